The summed E-state index contributed by atoms with van der Waals surface area (Å²) in [5, 5.41) is 9.07. The molecule has 0 saturated heterocycles. The molecule has 0 heterocycles. The summed E-state index contributed by atoms with van der Waals surface area (Å²) >= 11 is 0. The molecule has 0 aliphatic carbocycles. The molecule has 0 aliphatic heterocycles. The van der Waals surface area contributed by atoms with Gasteiger partial charge in [0.2, 0.25) is 0 Å². The van der Waals surface area contributed by atoms with Crippen LogP contribution in [-0.2, 0) is 9.53 Å². The van der Waals surface area contributed by atoms with Crippen LogP contribution in [0.4, 0.5) is 4.79 Å². The molecule has 0 aromatic heterocycles. The molecule has 0 aliphatic rings. The van der Waals surface area contributed by atoms with Gasteiger partial charge in [0.05, 0.1) is 0 Å². The fourth-order valence-corrected chi connectivity index (χ4v) is 1.34. The van der Waals surface area contributed by atoms with Gasteiger partial charge in [-0.1, -0.05) is 19.8 Å². The van der Waals surface area contributed by atoms with Crippen molar-refractivity contribution in [3.8, 4) is 0 Å². The van der Waals surface area contributed by atoms with Crippen molar-refractivity contribution in [3.63, 3.8) is 0 Å². The lowest BCUT2D eigenvalue weighted by molar-refractivity contribution is -0.142. The third-order valence-electron chi connectivity index (χ3n) is 2.27. The summed E-state index contributed by atoms with van der Waals surface area (Å²) < 4.78 is 5.13. The van der Waals surface area contributed by atoms with E-state index in [-0.39, 0.29) is 0 Å². The monoisotopic (exact) mass is 245 g/mol. The van der Waals surface area contributed by atoms with E-state index in [4.69, 9.17) is 9.84 Å². The largest absolute Gasteiger partial charge is 0.480 e. The molecule has 1 unspecified atom stereocenters. The van der Waals surface area contributed by atoms with Crippen LogP contribution in [0.5, 0.6) is 0 Å². The fraction of sp³-hybridized carbons (Fsp3) is 0.833. The van der Waals surface area contributed by atoms with Crippen molar-refractivity contribution in [2.75, 3.05) is 7.05 Å². The maximum Gasteiger partial charge on any atom is 0.410 e. The second-order valence-corrected chi connectivity index (χ2v) is 5.09. The van der Waals surface area contributed by atoms with E-state index >= 15 is 0 Å². The van der Waals surface area contributed by atoms with Crippen molar-refractivity contribution in [1.82, 2.24) is 4.90 Å². The number of carboxylic acid groups (broad SMARTS) is 1. The SMILES string of the molecule is CCCCC(C(=O)O)N(C)C(=O)OC(C)(C)C. The number of likely N-dealkylation sites (N-methyl/N-ethyl adjacent to an activating group) is 1. The average molecular weight is 245 g/mol. The molecule has 0 aromatic rings. The van der Waals surface area contributed by atoms with Crippen LogP contribution in [0.3, 0.4) is 0 Å². The summed E-state index contributed by atoms with van der Waals surface area (Å²) in [5.41, 5.74) is -0.612. The van der Waals surface area contributed by atoms with Gasteiger partial charge in [0.1, 0.15) is 11.6 Å². The number of carbonyl (C=O) groups excluding carboxylic acids is 1. The van der Waals surface area contributed by atoms with E-state index in [0.29, 0.717) is 6.42 Å². The topological polar surface area (TPSA) is 66.8 Å². The number of nitrogens with zero attached hydrogens (tertiary/aromatic N) is 1. The lowest BCUT2D eigenvalue weighted by Crippen LogP contribution is -2.44. The van der Waals surface area contributed by atoms with E-state index in [1.54, 1.807) is 20.8 Å². The number of unbranched alkanes of at least 4 members (excludes halogenated alkanes) is 1. The fourth-order valence-electron chi connectivity index (χ4n) is 1.34. The highest BCUT2D eigenvalue weighted by atomic mass is 16.6. The number of hydrogen-bond donors (Lipinski definition) is 1. The van der Waals surface area contributed by atoms with E-state index in [0.717, 1.165) is 17.7 Å². The van der Waals surface area contributed by atoms with Crippen LogP contribution in [0.1, 0.15) is 47.0 Å². The average Bonchev–Trinajstić information content (AvgIpc) is 2.14. The molecular weight excluding hydrogens is 222 g/mol. The van der Waals surface area contributed by atoms with Gasteiger partial charge in [-0.3, -0.25) is 4.90 Å². The molecule has 5 nitrogen and oxygen atoms in total. The minimum absolute atomic E-state index is 0.446. The minimum atomic E-state index is -0.994. The van der Waals surface area contributed by atoms with Gasteiger partial charge in [0.25, 0.3) is 0 Å². The summed E-state index contributed by atoms with van der Waals surface area (Å²) in [5.74, 6) is -0.994. The molecule has 1 N–H and O–H groups in total. The molecule has 0 spiro atoms. The zero-order valence-electron chi connectivity index (χ0n) is 11.3. The zero-order valence-corrected chi connectivity index (χ0v) is 11.3. The van der Waals surface area contributed by atoms with E-state index in [2.05, 4.69) is 0 Å². The summed E-state index contributed by atoms with van der Waals surface area (Å²) in [7, 11) is 1.46. The van der Waals surface area contributed by atoms with Crippen LogP contribution in [-0.4, -0.2) is 40.8 Å². The number of carbonyl (C=O) groups is 2. The van der Waals surface area contributed by atoms with Crippen LogP contribution >= 0.6 is 0 Å². The Morgan fingerprint density at radius 2 is 1.88 bits per heavy atom. The first kappa shape index (κ1) is 15.7. The molecule has 0 fully saturated rings. The Hall–Kier alpha value is -1.26. The quantitative estimate of drug-likeness (QED) is 0.808. The zero-order chi connectivity index (χ0) is 13.6. The first-order valence-electron chi connectivity index (χ1n) is 5.87. The molecule has 5 heteroatoms. The Morgan fingerprint density at radius 1 is 1.35 bits per heavy atom. The highest BCUT2D eigenvalue weighted by molar-refractivity contribution is 5.79. The molecule has 0 aromatic carbocycles. The Bertz CT molecular complexity index is 270. The minimum Gasteiger partial charge on any atom is -0.480 e. The van der Waals surface area contributed by atoms with Gasteiger partial charge in [-0.15, -0.1) is 0 Å². The number of hydrogen-bond acceptors (Lipinski definition) is 3. The third kappa shape index (κ3) is 6.14. The lowest BCUT2D eigenvalue weighted by atomic mass is 10.1. The van der Waals surface area contributed by atoms with Gasteiger partial charge in [0, 0.05) is 7.05 Å². The van der Waals surface area contributed by atoms with Crippen molar-refractivity contribution in [1.29, 1.82) is 0 Å². The Kier molecular flexibility index (Phi) is 5.99. The molecule has 0 rings (SSSR count). The van der Waals surface area contributed by atoms with Gasteiger partial charge in [-0.2, -0.15) is 0 Å². The standard InChI is InChI=1S/C12H23NO4/c1-6-7-8-9(10(14)15)13(5)11(16)17-12(2,3)4/h9H,6-8H2,1-5H3,(H,14,15). The van der Waals surface area contributed by atoms with Gasteiger partial charge in [-0.25, -0.2) is 9.59 Å². The predicted octanol–water partition coefficient (Wildman–Crippen LogP) is 2.50. The Morgan fingerprint density at radius 3 is 2.24 bits per heavy atom. The van der Waals surface area contributed by atoms with Crippen molar-refractivity contribution in [2.24, 2.45) is 0 Å². The van der Waals surface area contributed by atoms with Crippen LogP contribution < -0.4 is 0 Å². The summed E-state index contributed by atoms with van der Waals surface area (Å²) in [4.78, 5) is 23.9. The van der Waals surface area contributed by atoms with Gasteiger partial charge >= 0.3 is 12.1 Å². The van der Waals surface area contributed by atoms with Crippen LogP contribution in [0, 0.1) is 0 Å². The summed E-state index contributed by atoms with van der Waals surface area (Å²) in [6.45, 7) is 7.23. The molecule has 1 atom stereocenters. The first-order chi connectivity index (χ1) is 7.69. The van der Waals surface area contributed by atoms with Crippen molar-refractivity contribution in [3.05, 3.63) is 0 Å². The Labute approximate surface area is 103 Å². The number of ether oxygens (including phenoxy) is 1. The van der Waals surface area contributed by atoms with E-state index in [9.17, 15) is 9.59 Å². The highest BCUT2D eigenvalue weighted by Gasteiger charge is 2.29. The molecule has 0 radical (unpaired) electrons. The van der Waals surface area contributed by atoms with Crippen molar-refractivity contribution >= 4 is 12.1 Å². The number of rotatable bonds is 5. The maximum atomic E-state index is 11.7. The van der Waals surface area contributed by atoms with Gasteiger partial charge in [0.15, 0.2) is 0 Å². The Balaban J connectivity index is 4.55. The van der Waals surface area contributed by atoms with Crippen LogP contribution in [0.2, 0.25) is 0 Å². The number of aliphatic carboxylic acids is 1. The molecular formula is C12H23NO4. The predicted molar refractivity (Wildman–Crippen MR) is 64.9 cm³/mol. The molecule has 100 valence electrons. The highest BCUT2D eigenvalue weighted by Crippen LogP contribution is 2.13. The summed E-state index contributed by atoms with van der Waals surface area (Å²) in [6, 6.07) is -0.815. The first-order valence-corrected chi connectivity index (χ1v) is 5.87. The van der Waals surface area contributed by atoms with Gasteiger partial charge < -0.3 is 9.84 Å². The normalized spacial score (nSPS) is 13.0. The van der Waals surface area contributed by atoms with E-state index < -0.39 is 23.7 Å². The molecule has 0 bridgehead atoms. The smallest absolute Gasteiger partial charge is 0.410 e. The second kappa shape index (κ2) is 6.47. The van der Waals surface area contributed by atoms with Crippen LogP contribution in [0.15, 0.2) is 0 Å². The third-order valence-corrected chi connectivity index (χ3v) is 2.27. The van der Waals surface area contributed by atoms with Crippen molar-refractivity contribution in [2.45, 2.75) is 58.6 Å². The summed E-state index contributed by atoms with van der Waals surface area (Å²) in [6.07, 6.45) is 1.51. The van der Waals surface area contributed by atoms with E-state index in [1.165, 1.54) is 7.05 Å². The van der Waals surface area contributed by atoms with Crippen LogP contribution in [0.25, 0.3) is 0 Å². The maximum absolute atomic E-state index is 11.7. The molecule has 17 heavy (non-hydrogen) atoms. The second-order valence-electron chi connectivity index (χ2n) is 5.09. The van der Waals surface area contributed by atoms with E-state index in [1.807, 2.05) is 6.92 Å². The lowest BCUT2D eigenvalue weighted by Gasteiger charge is -2.28. The van der Waals surface area contributed by atoms with Gasteiger partial charge in [-0.05, 0) is 27.2 Å². The van der Waals surface area contributed by atoms with Crippen molar-refractivity contribution < 1.29 is 19.4 Å². The number of amides is 1. The number of carboxylic acids is 1. The molecule has 0 saturated carbocycles. The molecule has 1 amide bonds.